The van der Waals surface area contributed by atoms with E-state index in [2.05, 4.69) is 17.1 Å². The fraction of sp³-hybridized carbons (Fsp3) is 0.364. The summed E-state index contributed by atoms with van der Waals surface area (Å²) < 4.78 is 5.17. The number of hydrogen-bond donors (Lipinski definition) is 0. The van der Waals surface area contributed by atoms with Crippen molar-refractivity contribution in [2.75, 3.05) is 13.7 Å². The third-order valence-corrected chi connectivity index (χ3v) is 2.38. The summed E-state index contributed by atoms with van der Waals surface area (Å²) in [7, 11) is 1.70. The van der Waals surface area contributed by atoms with E-state index in [1.54, 1.807) is 7.11 Å². The number of benzene rings is 1. The molecule has 1 unspecified atom stereocenters. The Balaban J connectivity index is 2.24. The van der Waals surface area contributed by atoms with Gasteiger partial charge in [-0.15, -0.1) is 0 Å². The van der Waals surface area contributed by atoms with Crippen molar-refractivity contribution in [2.45, 2.75) is 12.3 Å². The van der Waals surface area contributed by atoms with Crippen LogP contribution < -0.4 is 4.74 Å². The fourth-order valence-corrected chi connectivity index (χ4v) is 1.61. The van der Waals surface area contributed by atoms with E-state index in [4.69, 9.17) is 4.74 Å². The van der Waals surface area contributed by atoms with Crippen molar-refractivity contribution < 1.29 is 4.74 Å². The molecule has 1 atom stereocenters. The molecule has 68 valence electrons. The first-order valence-corrected chi connectivity index (χ1v) is 4.54. The van der Waals surface area contributed by atoms with Crippen LogP contribution in [-0.4, -0.2) is 19.9 Å². The Bertz CT molecular complexity index is 320. The van der Waals surface area contributed by atoms with Crippen LogP contribution in [-0.2, 0) is 0 Å². The summed E-state index contributed by atoms with van der Waals surface area (Å²) in [6.45, 7) is 0.960. The second-order valence-electron chi connectivity index (χ2n) is 3.23. The third-order valence-electron chi connectivity index (χ3n) is 2.38. The van der Waals surface area contributed by atoms with Crippen LogP contribution in [0.1, 0.15) is 17.9 Å². The maximum absolute atomic E-state index is 5.17. The van der Waals surface area contributed by atoms with Crippen LogP contribution in [0.2, 0.25) is 0 Å². The van der Waals surface area contributed by atoms with Crippen LogP contribution in [0.4, 0.5) is 0 Å². The first-order chi connectivity index (χ1) is 6.40. The normalized spacial score (nSPS) is 20.5. The molecule has 0 saturated heterocycles. The topological polar surface area (TPSA) is 21.6 Å². The summed E-state index contributed by atoms with van der Waals surface area (Å²) in [5.41, 5.74) is 1.31. The van der Waals surface area contributed by atoms with Gasteiger partial charge in [-0.25, -0.2) is 0 Å². The maximum Gasteiger partial charge on any atom is 0.119 e. The smallest absolute Gasteiger partial charge is 0.119 e. The zero-order chi connectivity index (χ0) is 9.10. The molecule has 2 heteroatoms. The lowest BCUT2D eigenvalue weighted by molar-refractivity contribution is 0.414. The Morgan fingerprint density at radius 3 is 3.08 bits per heavy atom. The second kappa shape index (κ2) is 3.60. The summed E-state index contributed by atoms with van der Waals surface area (Å²) in [6.07, 6.45) is 3.17. The summed E-state index contributed by atoms with van der Waals surface area (Å²) in [4.78, 5) is 4.23. The van der Waals surface area contributed by atoms with Gasteiger partial charge < -0.3 is 4.74 Å². The van der Waals surface area contributed by atoms with Gasteiger partial charge in [0.25, 0.3) is 0 Å². The molecule has 0 bridgehead atoms. The van der Waals surface area contributed by atoms with Gasteiger partial charge >= 0.3 is 0 Å². The Labute approximate surface area is 78.3 Å². The van der Waals surface area contributed by atoms with Crippen molar-refractivity contribution in [3.05, 3.63) is 29.8 Å². The lowest BCUT2D eigenvalue weighted by atomic mass is 9.99. The summed E-state index contributed by atoms with van der Waals surface area (Å²) >= 11 is 0. The van der Waals surface area contributed by atoms with Crippen LogP contribution in [0, 0.1) is 0 Å². The van der Waals surface area contributed by atoms with Crippen molar-refractivity contribution in [3.8, 4) is 5.75 Å². The molecular weight excluding hydrogens is 162 g/mol. The minimum Gasteiger partial charge on any atom is -0.497 e. The molecule has 0 saturated carbocycles. The van der Waals surface area contributed by atoms with E-state index in [9.17, 15) is 0 Å². The maximum atomic E-state index is 5.17. The van der Waals surface area contributed by atoms with Gasteiger partial charge in [0.05, 0.1) is 7.11 Å². The molecule has 1 aromatic carbocycles. The van der Waals surface area contributed by atoms with E-state index in [1.807, 2.05) is 18.3 Å². The van der Waals surface area contributed by atoms with E-state index < -0.39 is 0 Å². The lowest BCUT2D eigenvalue weighted by Crippen LogP contribution is -1.96. The van der Waals surface area contributed by atoms with E-state index in [0.717, 1.165) is 18.7 Å². The van der Waals surface area contributed by atoms with E-state index >= 15 is 0 Å². The predicted octanol–water partition coefficient (Wildman–Crippen LogP) is 2.25. The predicted molar refractivity (Wildman–Crippen MR) is 53.7 cm³/mol. The summed E-state index contributed by atoms with van der Waals surface area (Å²) in [6, 6.07) is 8.21. The van der Waals surface area contributed by atoms with Gasteiger partial charge in [-0.3, -0.25) is 4.99 Å². The number of rotatable bonds is 2. The quantitative estimate of drug-likeness (QED) is 0.675. The molecule has 1 heterocycles. The van der Waals surface area contributed by atoms with Gasteiger partial charge in [-0.1, -0.05) is 12.1 Å². The molecule has 0 fully saturated rings. The number of nitrogens with zero attached hydrogens (tertiary/aromatic N) is 1. The minimum absolute atomic E-state index is 0.495. The molecule has 1 aromatic rings. The fourth-order valence-electron chi connectivity index (χ4n) is 1.61. The molecule has 0 amide bonds. The minimum atomic E-state index is 0.495. The average molecular weight is 175 g/mol. The van der Waals surface area contributed by atoms with Gasteiger partial charge in [-0.05, 0) is 24.1 Å². The first kappa shape index (κ1) is 8.30. The Hall–Kier alpha value is -1.31. The molecule has 0 N–H and O–H groups in total. The van der Waals surface area contributed by atoms with E-state index in [1.165, 1.54) is 5.56 Å². The van der Waals surface area contributed by atoms with Crippen molar-refractivity contribution in [3.63, 3.8) is 0 Å². The molecule has 1 aliphatic heterocycles. The zero-order valence-corrected chi connectivity index (χ0v) is 7.73. The summed E-state index contributed by atoms with van der Waals surface area (Å²) in [5, 5.41) is 0. The van der Waals surface area contributed by atoms with E-state index in [-0.39, 0.29) is 0 Å². The Morgan fingerprint density at radius 1 is 1.46 bits per heavy atom. The van der Waals surface area contributed by atoms with Crippen LogP contribution >= 0.6 is 0 Å². The molecule has 1 aliphatic rings. The SMILES string of the molecule is COc1cccc(C2C=NCC2)c1. The van der Waals surface area contributed by atoms with Gasteiger partial charge in [0.15, 0.2) is 0 Å². The highest BCUT2D eigenvalue weighted by atomic mass is 16.5. The molecule has 0 aromatic heterocycles. The largest absolute Gasteiger partial charge is 0.497 e. The number of ether oxygens (including phenoxy) is 1. The molecule has 0 spiro atoms. The monoisotopic (exact) mass is 175 g/mol. The van der Waals surface area contributed by atoms with Crippen LogP contribution in [0.5, 0.6) is 5.75 Å². The highest BCUT2D eigenvalue weighted by molar-refractivity contribution is 5.70. The lowest BCUT2D eigenvalue weighted by Gasteiger charge is -2.07. The van der Waals surface area contributed by atoms with Gasteiger partial charge in [0.2, 0.25) is 0 Å². The molecular formula is C11H13NO. The van der Waals surface area contributed by atoms with E-state index in [0.29, 0.717) is 5.92 Å². The van der Waals surface area contributed by atoms with Crippen LogP contribution in [0.3, 0.4) is 0 Å². The zero-order valence-electron chi connectivity index (χ0n) is 7.73. The Kier molecular flexibility index (Phi) is 2.30. The molecule has 0 radical (unpaired) electrons. The summed E-state index contributed by atoms with van der Waals surface area (Å²) in [5.74, 6) is 1.42. The van der Waals surface area contributed by atoms with Gasteiger partial charge in [0.1, 0.15) is 5.75 Å². The highest BCUT2D eigenvalue weighted by Crippen LogP contribution is 2.24. The van der Waals surface area contributed by atoms with Crippen molar-refractivity contribution in [1.82, 2.24) is 0 Å². The standard InChI is InChI=1S/C11H13NO/c1-13-11-4-2-3-9(7-11)10-5-6-12-8-10/h2-4,7-8,10H,5-6H2,1H3. The Morgan fingerprint density at radius 2 is 2.38 bits per heavy atom. The number of hydrogen-bond acceptors (Lipinski definition) is 2. The number of methoxy groups -OCH3 is 1. The second-order valence-corrected chi connectivity index (χ2v) is 3.23. The average Bonchev–Trinajstić information content (AvgIpc) is 2.71. The first-order valence-electron chi connectivity index (χ1n) is 4.54. The van der Waals surface area contributed by atoms with Gasteiger partial charge in [0, 0.05) is 18.7 Å². The van der Waals surface area contributed by atoms with Crippen LogP contribution in [0.15, 0.2) is 29.3 Å². The molecule has 0 aliphatic carbocycles. The molecule has 2 nitrogen and oxygen atoms in total. The van der Waals surface area contributed by atoms with Gasteiger partial charge in [-0.2, -0.15) is 0 Å². The number of aliphatic imine (C=N–C) groups is 1. The van der Waals surface area contributed by atoms with Crippen molar-refractivity contribution in [1.29, 1.82) is 0 Å². The van der Waals surface area contributed by atoms with Crippen molar-refractivity contribution >= 4 is 6.21 Å². The van der Waals surface area contributed by atoms with Crippen LogP contribution in [0.25, 0.3) is 0 Å². The third kappa shape index (κ3) is 1.72. The molecule has 13 heavy (non-hydrogen) atoms. The molecule has 2 rings (SSSR count). The van der Waals surface area contributed by atoms with Crippen molar-refractivity contribution in [2.24, 2.45) is 4.99 Å². The highest BCUT2D eigenvalue weighted by Gasteiger charge is 2.12.